The highest BCUT2D eigenvalue weighted by Gasteiger charge is 2.16. The number of para-hydroxylation sites is 1. The number of hydrogen-bond donors (Lipinski definition) is 1. The molecular formula is C16H19N3. The Kier molecular flexibility index (Phi) is 2.52. The van der Waals surface area contributed by atoms with Crippen LogP contribution in [0.25, 0.3) is 16.6 Å². The van der Waals surface area contributed by atoms with Gasteiger partial charge < -0.3 is 5.32 Å². The number of pyridine rings is 1. The van der Waals surface area contributed by atoms with E-state index >= 15 is 0 Å². The average molecular weight is 253 g/mol. The SMILES string of the molecule is Cc1nc2ccc3ccccc3n2c1NC(C)(C)C. The van der Waals surface area contributed by atoms with Crippen LogP contribution in [0.4, 0.5) is 5.82 Å². The van der Waals surface area contributed by atoms with E-state index < -0.39 is 0 Å². The van der Waals surface area contributed by atoms with Gasteiger partial charge in [-0.25, -0.2) is 4.98 Å². The summed E-state index contributed by atoms with van der Waals surface area (Å²) in [6, 6.07) is 12.6. The molecule has 1 N–H and O–H groups in total. The smallest absolute Gasteiger partial charge is 0.139 e. The summed E-state index contributed by atoms with van der Waals surface area (Å²) in [6.45, 7) is 8.54. The molecule has 3 heteroatoms. The summed E-state index contributed by atoms with van der Waals surface area (Å²) >= 11 is 0. The highest BCUT2D eigenvalue weighted by atomic mass is 15.2. The third-order valence-electron chi connectivity index (χ3n) is 3.16. The molecule has 0 radical (unpaired) electrons. The largest absolute Gasteiger partial charge is 0.365 e. The lowest BCUT2D eigenvalue weighted by Gasteiger charge is -2.22. The molecule has 0 atom stereocenters. The molecule has 0 saturated carbocycles. The van der Waals surface area contributed by atoms with Crippen LogP contribution in [0.3, 0.4) is 0 Å². The number of rotatable bonds is 1. The molecule has 0 bridgehead atoms. The van der Waals surface area contributed by atoms with Crippen molar-refractivity contribution < 1.29 is 0 Å². The van der Waals surface area contributed by atoms with E-state index in [1.165, 1.54) is 10.9 Å². The second-order valence-corrected chi connectivity index (χ2v) is 6.01. The first-order chi connectivity index (χ1) is 8.96. The summed E-state index contributed by atoms with van der Waals surface area (Å²) in [5.41, 5.74) is 3.22. The maximum Gasteiger partial charge on any atom is 0.139 e. The zero-order chi connectivity index (χ0) is 13.6. The van der Waals surface area contributed by atoms with Crippen molar-refractivity contribution in [1.82, 2.24) is 9.38 Å². The molecular weight excluding hydrogens is 234 g/mol. The van der Waals surface area contributed by atoms with E-state index in [4.69, 9.17) is 0 Å². The standard InChI is InChI=1S/C16H19N3/c1-11-15(18-16(2,3)4)19-13-8-6-5-7-12(13)9-10-14(19)17-11/h5-10,18H,1-4H3. The molecule has 0 aliphatic rings. The molecule has 2 heterocycles. The van der Waals surface area contributed by atoms with Crippen LogP contribution in [0, 0.1) is 6.92 Å². The fourth-order valence-electron chi connectivity index (χ4n) is 2.40. The van der Waals surface area contributed by atoms with E-state index in [-0.39, 0.29) is 5.54 Å². The second kappa shape index (κ2) is 3.98. The lowest BCUT2D eigenvalue weighted by molar-refractivity contribution is 0.629. The maximum absolute atomic E-state index is 4.65. The molecule has 3 nitrogen and oxygen atoms in total. The lowest BCUT2D eigenvalue weighted by atomic mass is 10.1. The molecule has 19 heavy (non-hydrogen) atoms. The van der Waals surface area contributed by atoms with Crippen molar-refractivity contribution in [3.05, 3.63) is 42.1 Å². The Morgan fingerprint density at radius 1 is 1.05 bits per heavy atom. The summed E-state index contributed by atoms with van der Waals surface area (Å²) < 4.78 is 2.20. The fourth-order valence-corrected chi connectivity index (χ4v) is 2.40. The van der Waals surface area contributed by atoms with Crippen molar-refractivity contribution in [3.63, 3.8) is 0 Å². The molecule has 1 aromatic carbocycles. The topological polar surface area (TPSA) is 29.3 Å². The molecule has 98 valence electrons. The van der Waals surface area contributed by atoms with Crippen LogP contribution in [0.2, 0.25) is 0 Å². The van der Waals surface area contributed by atoms with Gasteiger partial charge >= 0.3 is 0 Å². The molecule has 3 rings (SSSR count). The molecule has 0 saturated heterocycles. The number of nitrogens with zero attached hydrogens (tertiary/aromatic N) is 2. The summed E-state index contributed by atoms with van der Waals surface area (Å²) in [5, 5.41) is 4.79. The highest BCUT2D eigenvalue weighted by molar-refractivity contribution is 5.84. The van der Waals surface area contributed by atoms with Gasteiger partial charge in [-0.3, -0.25) is 4.40 Å². The van der Waals surface area contributed by atoms with Gasteiger partial charge in [-0.05, 0) is 51.3 Å². The average Bonchev–Trinajstić information content (AvgIpc) is 2.64. The Balaban J connectivity index is 2.37. The van der Waals surface area contributed by atoms with Gasteiger partial charge in [0.25, 0.3) is 0 Å². The van der Waals surface area contributed by atoms with E-state index in [1.54, 1.807) is 0 Å². The normalized spacial score (nSPS) is 12.2. The minimum atomic E-state index is 0.0116. The number of nitrogens with one attached hydrogen (secondary N) is 1. The monoisotopic (exact) mass is 253 g/mol. The Hall–Kier alpha value is -2.03. The number of benzene rings is 1. The first-order valence-electron chi connectivity index (χ1n) is 6.61. The Labute approximate surface area is 113 Å². The Bertz CT molecular complexity index is 748. The molecule has 0 aliphatic heterocycles. The summed E-state index contributed by atoms with van der Waals surface area (Å²) in [7, 11) is 0. The number of aromatic nitrogens is 2. The first kappa shape index (κ1) is 12.0. The number of fused-ring (bicyclic) bond motifs is 3. The second-order valence-electron chi connectivity index (χ2n) is 6.01. The number of aryl methyl sites for hydroxylation is 1. The molecule has 0 fully saturated rings. The Morgan fingerprint density at radius 3 is 2.53 bits per heavy atom. The van der Waals surface area contributed by atoms with Gasteiger partial charge in [0.1, 0.15) is 11.5 Å². The van der Waals surface area contributed by atoms with Crippen LogP contribution >= 0.6 is 0 Å². The first-order valence-corrected chi connectivity index (χ1v) is 6.61. The van der Waals surface area contributed by atoms with E-state index in [0.717, 1.165) is 17.2 Å². The van der Waals surface area contributed by atoms with E-state index in [1.807, 2.05) is 0 Å². The summed E-state index contributed by atoms with van der Waals surface area (Å²) in [5.74, 6) is 1.08. The summed E-state index contributed by atoms with van der Waals surface area (Å²) in [6.07, 6.45) is 0. The van der Waals surface area contributed by atoms with Gasteiger partial charge in [0.2, 0.25) is 0 Å². The predicted molar refractivity (Wildman–Crippen MR) is 80.8 cm³/mol. The maximum atomic E-state index is 4.65. The lowest BCUT2D eigenvalue weighted by Crippen LogP contribution is -2.27. The van der Waals surface area contributed by atoms with Crippen molar-refractivity contribution in [2.45, 2.75) is 33.2 Å². The van der Waals surface area contributed by atoms with Gasteiger partial charge in [-0.2, -0.15) is 0 Å². The third kappa shape index (κ3) is 2.05. The van der Waals surface area contributed by atoms with Crippen LogP contribution in [-0.2, 0) is 0 Å². The van der Waals surface area contributed by atoms with Crippen LogP contribution in [0.1, 0.15) is 26.5 Å². The fraction of sp³-hybridized carbons (Fsp3) is 0.312. The molecule has 0 amide bonds. The van der Waals surface area contributed by atoms with Crippen LogP contribution < -0.4 is 5.32 Å². The van der Waals surface area contributed by atoms with Gasteiger partial charge in [-0.1, -0.05) is 18.2 Å². The molecule has 0 aliphatic carbocycles. The van der Waals surface area contributed by atoms with Gasteiger partial charge in [0.05, 0.1) is 11.2 Å². The zero-order valence-electron chi connectivity index (χ0n) is 11.9. The van der Waals surface area contributed by atoms with Gasteiger partial charge in [0.15, 0.2) is 0 Å². The van der Waals surface area contributed by atoms with Crippen LogP contribution in [0.15, 0.2) is 36.4 Å². The van der Waals surface area contributed by atoms with Crippen LogP contribution in [0.5, 0.6) is 0 Å². The quantitative estimate of drug-likeness (QED) is 0.710. The van der Waals surface area contributed by atoms with Crippen molar-refractivity contribution in [2.24, 2.45) is 0 Å². The van der Waals surface area contributed by atoms with Crippen molar-refractivity contribution >= 4 is 22.4 Å². The number of hydrogen-bond acceptors (Lipinski definition) is 2. The Morgan fingerprint density at radius 2 is 1.79 bits per heavy atom. The minimum Gasteiger partial charge on any atom is -0.365 e. The van der Waals surface area contributed by atoms with Crippen molar-refractivity contribution in [1.29, 1.82) is 0 Å². The predicted octanol–water partition coefficient (Wildman–Crippen LogP) is 4.01. The molecule has 3 aromatic rings. The van der Waals surface area contributed by atoms with Crippen molar-refractivity contribution in [3.8, 4) is 0 Å². The zero-order valence-corrected chi connectivity index (χ0v) is 11.9. The van der Waals surface area contributed by atoms with E-state index in [2.05, 4.69) is 78.8 Å². The number of imidazole rings is 1. The van der Waals surface area contributed by atoms with E-state index in [9.17, 15) is 0 Å². The number of anilines is 1. The van der Waals surface area contributed by atoms with E-state index in [0.29, 0.717) is 0 Å². The van der Waals surface area contributed by atoms with Gasteiger partial charge in [-0.15, -0.1) is 0 Å². The summed E-state index contributed by atoms with van der Waals surface area (Å²) in [4.78, 5) is 4.65. The van der Waals surface area contributed by atoms with Gasteiger partial charge in [0, 0.05) is 5.54 Å². The molecule has 2 aromatic heterocycles. The minimum absolute atomic E-state index is 0.0116. The molecule has 0 spiro atoms. The van der Waals surface area contributed by atoms with Crippen LogP contribution in [-0.4, -0.2) is 14.9 Å². The third-order valence-corrected chi connectivity index (χ3v) is 3.16. The molecule has 0 unspecified atom stereocenters. The highest BCUT2D eigenvalue weighted by Crippen LogP contribution is 2.26. The van der Waals surface area contributed by atoms with Crippen molar-refractivity contribution in [2.75, 3.05) is 5.32 Å².